The molecule has 4 aromatic rings. The number of benzene rings is 1. The van der Waals surface area contributed by atoms with E-state index in [1.165, 1.54) is 25.5 Å². The summed E-state index contributed by atoms with van der Waals surface area (Å²) in [7, 11) is 0. The molecule has 6 rings (SSSR count). The van der Waals surface area contributed by atoms with Crippen molar-refractivity contribution in [2.45, 2.75) is 32.7 Å². The molecule has 3 aromatic heterocycles. The van der Waals surface area contributed by atoms with Gasteiger partial charge in [-0.25, -0.2) is 9.37 Å². The molecule has 1 atom stereocenters. The van der Waals surface area contributed by atoms with E-state index in [2.05, 4.69) is 20.1 Å². The lowest BCUT2D eigenvalue weighted by Crippen LogP contribution is -2.50. The van der Waals surface area contributed by atoms with Gasteiger partial charge in [-0.3, -0.25) is 9.69 Å². The second kappa shape index (κ2) is 7.59. The predicted octanol–water partition coefficient (Wildman–Crippen LogP) is 4.37. The number of amides is 1. The number of anilines is 2. The number of carbonyl (C=O) groups excluding carboxylic acids is 1. The van der Waals surface area contributed by atoms with Crippen LogP contribution in [0.1, 0.15) is 34.7 Å². The number of nitrogens with zero attached hydrogens (tertiary/aromatic N) is 4. The smallest absolute Gasteiger partial charge is 0.259 e. The molecule has 1 amide bonds. The lowest BCUT2D eigenvalue weighted by atomic mass is 10.1. The molecule has 8 heteroatoms. The molecule has 1 aromatic carbocycles. The van der Waals surface area contributed by atoms with Crippen LogP contribution in [-0.2, 0) is 0 Å². The maximum Gasteiger partial charge on any atom is 0.259 e. The van der Waals surface area contributed by atoms with Crippen molar-refractivity contribution in [1.82, 2.24) is 14.3 Å². The second-order valence-electron chi connectivity index (χ2n) is 9.15. The number of carbonyl (C=O) groups is 1. The zero-order valence-electron chi connectivity index (χ0n) is 18.8. The largest absolute Gasteiger partial charge is 0.460 e. The van der Waals surface area contributed by atoms with E-state index >= 15 is 0 Å². The van der Waals surface area contributed by atoms with Gasteiger partial charge in [-0.1, -0.05) is 0 Å². The van der Waals surface area contributed by atoms with Gasteiger partial charge in [-0.15, -0.1) is 0 Å². The Morgan fingerprint density at radius 3 is 2.94 bits per heavy atom. The van der Waals surface area contributed by atoms with Gasteiger partial charge in [0.05, 0.1) is 16.9 Å². The highest BCUT2D eigenvalue weighted by Crippen LogP contribution is 2.35. The Morgan fingerprint density at radius 1 is 1.18 bits per heavy atom. The number of furan rings is 1. The molecule has 0 radical (unpaired) electrons. The number of fused-ring (bicyclic) bond motifs is 3. The molecule has 1 unspecified atom stereocenters. The molecule has 2 fully saturated rings. The molecule has 0 spiro atoms. The first-order chi connectivity index (χ1) is 16.0. The van der Waals surface area contributed by atoms with Gasteiger partial charge in [0, 0.05) is 55.2 Å². The predicted molar refractivity (Wildman–Crippen MR) is 126 cm³/mol. The normalized spacial score (nSPS) is 18.9. The summed E-state index contributed by atoms with van der Waals surface area (Å²) in [5, 5.41) is 3.77. The zero-order valence-corrected chi connectivity index (χ0v) is 18.8. The summed E-state index contributed by atoms with van der Waals surface area (Å²) in [4.78, 5) is 22.3. The third-order valence-corrected chi connectivity index (χ3v) is 6.84. The van der Waals surface area contributed by atoms with E-state index < -0.39 is 5.82 Å². The van der Waals surface area contributed by atoms with E-state index in [-0.39, 0.29) is 11.6 Å². The Labute approximate surface area is 190 Å². The minimum atomic E-state index is -0.485. The zero-order chi connectivity index (χ0) is 22.7. The second-order valence-corrected chi connectivity index (χ2v) is 9.15. The topological polar surface area (TPSA) is 66.0 Å². The van der Waals surface area contributed by atoms with E-state index in [0.29, 0.717) is 28.6 Å². The fourth-order valence-corrected chi connectivity index (χ4v) is 5.34. The Hall–Kier alpha value is -3.39. The molecule has 1 N–H and O–H groups in total. The number of pyridine rings is 1. The lowest BCUT2D eigenvalue weighted by molar-refractivity contribution is 0.102. The minimum absolute atomic E-state index is 0.237. The van der Waals surface area contributed by atoms with Gasteiger partial charge < -0.3 is 19.0 Å². The summed E-state index contributed by atoms with van der Waals surface area (Å²) >= 11 is 0. The average Bonchev–Trinajstić information content (AvgIpc) is 3.49. The van der Waals surface area contributed by atoms with Crippen LogP contribution in [0.15, 0.2) is 41.1 Å². The van der Waals surface area contributed by atoms with Crippen molar-refractivity contribution >= 4 is 33.9 Å². The number of halogens is 1. The van der Waals surface area contributed by atoms with Crippen molar-refractivity contribution in [3.63, 3.8) is 0 Å². The Morgan fingerprint density at radius 2 is 2.06 bits per heavy atom. The van der Waals surface area contributed by atoms with Crippen LogP contribution in [0.3, 0.4) is 0 Å². The first-order valence-corrected chi connectivity index (χ1v) is 11.4. The molecule has 7 nitrogen and oxygen atoms in total. The van der Waals surface area contributed by atoms with E-state index in [9.17, 15) is 9.18 Å². The number of rotatable bonds is 3. The maximum atomic E-state index is 14.5. The van der Waals surface area contributed by atoms with Gasteiger partial charge in [0.25, 0.3) is 5.91 Å². The van der Waals surface area contributed by atoms with Crippen molar-refractivity contribution in [3.05, 3.63) is 59.5 Å². The van der Waals surface area contributed by atoms with Crippen molar-refractivity contribution in [2.75, 3.05) is 36.4 Å². The number of piperazine rings is 1. The molecular weight excluding hydrogens is 421 g/mol. The highest BCUT2D eigenvalue weighted by molar-refractivity contribution is 6.13. The molecule has 2 aliphatic heterocycles. The highest BCUT2D eigenvalue weighted by atomic mass is 19.1. The standard InChI is InChI=1S/C25H26FN5O2/c1-15-12-31-13-17(11-21(26)24(31)27-15)28-25(32)19-5-6-22(20-10-16(2)33-23(19)20)30-9-8-29-7-3-4-18(29)14-30/h5-6,10-13,18H,3-4,7-9,14H2,1-2H3,(H,28,32). The van der Waals surface area contributed by atoms with Gasteiger partial charge in [0.15, 0.2) is 11.5 Å². The van der Waals surface area contributed by atoms with Crippen LogP contribution in [0.25, 0.3) is 16.6 Å². The number of hydrogen-bond donors (Lipinski definition) is 1. The molecule has 0 aliphatic carbocycles. The van der Waals surface area contributed by atoms with Gasteiger partial charge in [0.2, 0.25) is 0 Å². The van der Waals surface area contributed by atoms with Crippen LogP contribution in [0.4, 0.5) is 15.8 Å². The quantitative estimate of drug-likeness (QED) is 0.505. The molecular formula is C25H26FN5O2. The summed E-state index contributed by atoms with van der Waals surface area (Å²) < 4.78 is 22.0. The summed E-state index contributed by atoms with van der Waals surface area (Å²) in [6.45, 7) is 7.91. The first-order valence-electron chi connectivity index (χ1n) is 11.4. The third-order valence-electron chi connectivity index (χ3n) is 6.84. The first kappa shape index (κ1) is 20.2. The lowest BCUT2D eigenvalue weighted by Gasteiger charge is -2.39. The van der Waals surface area contributed by atoms with Crippen LogP contribution in [0.2, 0.25) is 0 Å². The molecule has 170 valence electrons. The molecule has 0 saturated carbocycles. The highest BCUT2D eigenvalue weighted by Gasteiger charge is 2.31. The van der Waals surface area contributed by atoms with Crippen LogP contribution >= 0.6 is 0 Å². The maximum absolute atomic E-state index is 14.5. The summed E-state index contributed by atoms with van der Waals surface area (Å²) in [6.07, 6.45) is 5.89. The van der Waals surface area contributed by atoms with Crippen LogP contribution in [0.5, 0.6) is 0 Å². The van der Waals surface area contributed by atoms with Gasteiger partial charge in [-0.05, 0) is 51.4 Å². The fraction of sp³-hybridized carbons (Fsp3) is 0.360. The van der Waals surface area contributed by atoms with Crippen LogP contribution in [-0.4, -0.2) is 52.4 Å². The molecule has 2 saturated heterocycles. The van der Waals surface area contributed by atoms with E-state index in [0.717, 1.165) is 36.5 Å². The molecule has 33 heavy (non-hydrogen) atoms. The van der Waals surface area contributed by atoms with Crippen molar-refractivity contribution < 1.29 is 13.6 Å². The Bertz CT molecular complexity index is 1390. The van der Waals surface area contributed by atoms with E-state index in [1.807, 2.05) is 25.1 Å². The molecule has 0 bridgehead atoms. The molecule has 2 aliphatic rings. The summed E-state index contributed by atoms with van der Waals surface area (Å²) in [6, 6.07) is 7.72. The molecule has 5 heterocycles. The average molecular weight is 448 g/mol. The number of imidazole rings is 1. The van der Waals surface area contributed by atoms with E-state index in [1.54, 1.807) is 23.7 Å². The monoisotopic (exact) mass is 447 g/mol. The van der Waals surface area contributed by atoms with Gasteiger partial charge in [0.1, 0.15) is 11.3 Å². The minimum Gasteiger partial charge on any atom is -0.460 e. The van der Waals surface area contributed by atoms with Gasteiger partial charge >= 0.3 is 0 Å². The Kier molecular flexibility index (Phi) is 4.65. The number of hydrogen-bond acceptors (Lipinski definition) is 5. The van der Waals surface area contributed by atoms with Crippen molar-refractivity contribution in [3.8, 4) is 0 Å². The summed E-state index contributed by atoms with van der Waals surface area (Å²) in [5.74, 6) is -0.0641. The van der Waals surface area contributed by atoms with Gasteiger partial charge in [-0.2, -0.15) is 0 Å². The SMILES string of the molecule is Cc1cn2cc(NC(=O)c3ccc(N4CCN5CCCC5C4)c4cc(C)oc34)cc(F)c2n1. The third kappa shape index (κ3) is 3.45. The van der Waals surface area contributed by atoms with E-state index in [4.69, 9.17) is 4.42 Å². The number of aryl methyl sites for hydroxylation is 2. The fourth-order valence-electron chi connectivity index (χ4n) is 5.34. The summed E-state index contributed by atoms with van der Waals surface area (Å²) in [5.41, 5.74) is 3.41. The van der Waals surface area contributed by atoms with Crippen LogP contribution in [0, 0.1) is 19.7 Å². The van der Waals surface area contributed by atoms with Crippen LogP contribution < -0.4 is 10.2 Å². The number of aromatic nitrogens is 2. The number of nitrogens with one attached hydrogen (secondary N) is 1. The van der Waals surface area contributed by atoms with Crippen molar-refractivity contribution in [1.29, 1.82) is 0 Å². The van der Waals surface area contributed by atoms with Crippen molar-refractivity contribution in [2.24, 2.45) is 0 Å². The Balaban J connectivity index is 1.33.